The van der Waals surface area contributed by atoms with Crippen LogP contribution in [0.1, 0.15) is 27.2 Å². The normalized spacial score (nSPS) is 10.4. The standard InChI is InChI=1S/C13H13FN2O2S/c1-2-12-16-7-9(19-12)6-15-8-3-4-11(14)10(5-8)13(17)18/h3-5,7,15H,2,6H2,1H3,(H,17,18). The fraction of sp³-hybridized carbons (Fsp3) is 0.231. The van der Waals surface area contributed by atoms with Crippen molar-refractivity contribution < 1.29 is 14.3 Å². The lowest BCUT2D eigenvalue weighted by Crippen LogP contribution is -2.03. The molecule has 2 N–H and O–H groups in total. The van der Waals surface area contributed by atoms with Gasteiger partial charge >= 0.3 is 5.97 Å². The number of nitrogens with one attached hydrogen (secondary N) is 1. The van der Waals surface area contributed by atoms with Crippen molar-refractivity contribution in [2.24, 2.45) is 0 Å². The lowest BCUT2D eigenvalue weighted by atomic mass is 10.2. The van der Waals surface area contributed by atoms with Crippen LogP contribution in [0, 0.1) is 5.82 Å². The molecule has 0 bridgehead atoms. The Morgan fingerprint density at radius 3 is 2.95 bits per heavy atom. The molecule has 4 nitrogen and oxygen atoms in total. The molecule has 0 aliphatic heterocycles. The van der Waals surface area contributed by atoms with E-state index in [0.717, 1.165) is 22.4 Å². The molecule has 0 saturated carbocycles. The van der Waals surface area contributed by atoms with Crippen LogP contribution in [0.15, 0.2) is 24.4 Å². The minimum atomic E-state index is -1.27. The number of carbonyl (C=O) groups is 1. The van der Waals surface area contributed by atoms with Crippen molar-refractivity contribution >= 4 is 23.0 Å². The average molecular weight is 280 g/mol. The van der Waals surface area contributed by atoms with Gasteiger partial charge in [0.05, 0.1) is 17.1 Å². The van der Waals surface area contributed by atoms with E-state index in [-0.39, 0.29) is 5.56 Å². The first kappa shape index (κ1) is 13.5. The summed E-state index contributed by atoms with van der Waals surface area (Å²) in [5, 5.41) is 13.0. The second-order valence-electron chi connectivity index (χ2n) is 3.93. The van der Waals surface area contributed by atoms with Gasteiger partial charge in [-0.2, -0.15) is 0 Å². The number of thiazole rings is 1. The Morgan fingerprint density at radius 2 is 2.32 bits per heavy atom. The van der Waals surface area contributed by atoms with Gasteiger partial charge in [0, 0.05) is 16.8 Å². The first-order valence-electron chi connectivity index (χ1n) is 5.80. The molecule has 100 valence electrons. The summed E-state index contributed by atoms with van der Waals surface area (Å²) in [4.78, 5) is 16.1. The molecule has 0 spiro atoms. The van der Waals surface area contributed by atoms with Gasteiger partial charge in [0.25, 0.3) is 0 Å². The number of aromatic nitrogens is 1. The number of aromatic carboxylic acids is 1. The molecule has 1 aromatic heterocycles. The fourth-order valence-corrected chi connectivity index (χ4v) is 2.38. The first-order chi connectivity index (χ1) is 9.10. The van der Waals surface area contributed by atoms with Gasteiger partial charge in [-0.25, -0.2) is 14.2 Å². The summed E-state index contributed by atoms with van der Waals surface area (Å²) in [6, 6.07) is 3.96. The Kier molecular flexibility index (Phi) is 4.11. The van der Waals surface area contributed by atoms with E-state index >= 15 is 0 Å². The van der Waals surface area contributed by atoms with Crippen molar-refractivity contribution in [3.8, 4) is 0 Å². The Balaban J connectivity index is 2.07. The number of benzene rings is 1. The second-order valence-corrected chi connectivity index (χ2v) is 5.13. The third kappa shape index (κ3) is 3.29. The molecule has 0 radical (unpaired) electrons. The number of nitrogens with zero attached hydrogens (tertiary/aromatic N) is 1. The maximum Gasteiger partial charge on any atom is 0.338 e. The highest BCUT2D eigenvalue weighted by Crippen LogP contribution is 2.18. The molecule has 2 aromatic rings. The Bertz CT molecular complexity index is 598. The number of aryl methyl sites for hydroxylation is 1. The topological polar surface area (TPSA) is 62.2 Å². The van der Waals surface area contributed by atoms with Gasteiger partial charge in [-0.1, -0.05) is 6.92 Å². The Morgan fingerprint density at radius 1 is 1.53 bits per heavy atom. The fourth-order valence-electron chi connectivity index (χ4n) is 1.58. The maximum absolute atomic E-state index is 13.2. The highest BCUT2D eigenvalue weighted by molar-refractivity contribution is 7.11. The van der Waals surface area contributed by atoms with Gasteiger partial charge in [0.2, 0.25) is 0 Å². The van der Waals surface area contributed by atoms with E-state index in [0.29, 0.717) is 12.2 Å². The van der Waals surface area contributed by atoms with Gasteiger partial charge in [-0.3, -0.25) is 0 Å². The third-order valence-electron chi connectivity index (χ3n) is 2.57. The van der Waals surface area contributed by atoms with Crippen molar-refractivity contribution in [3.05, 3.63) is 45.7 Å². The van der Waals surface area contributed by atoms with Crippen LogP contribution in [0.3, 0.4) is 0 Å². The van der Waals surface area contributed by atoms with Crippen LogP contribution in [-0.4, -0.2) is 16.1 Å². The minimum absolute atomic E-state index is 0.330. The summed E-state index contributed by atoms with van der Waals surface area (Å²) >= 11 is 1.60. The van der Waals surface area contributed by atoms with Crippen molar-refractivity contribution in [3.63, 3.8) is 0 Å². The minimum Gasteiger partial charge on any atom is -0.478 e. The van der Waals surface area contributed by atoms with E-state index in [9.17, 15) is 9.18 Å². The summed E-state index contributed by atoms with van der Waals surface area (Å²) in [6.07, 6.45) is 2.68. The molecular formula is C13H13FN2O2S. The zero-order valence-electron chi connectivity index (χ0n) is 10.3. The third-order valence-corrected chi connectivity index (χ3v) is 3.71. The highest BCUT2D eigenvalue weighted by Gasteiger charge is 2.10. The molecule has 0 aliphatic rings. The van der Waals surface area contributed by atoms with E-state index in [1.807, 2.05) is 6.92 Å². The average Bonchev–Trinajstić information content (AvgIpc) is 2.85. The number of rotatable bonds is 5. The summed E-state index contributed by atoms with van der Waals surface area (Å²) in [5.41, 5.74) is 0.244. The molecule has 0 atom stereocenters. The molecule has 0 aliphatic carbocycles. The van der Waals surface area contributed by atoms with E-state index in [4.69, 9.17) is 5.11 Å². The van der Waals surface area contributed by atoms with Gasteiger partial charge in [0.1, 0.15) is 5.82 Å². The summed E-state index contributed by atoms with van der Waals surface area (Å²) in [5.74, 6) is -2.00. The zero-order chi connectivity index (χ0) is 13.8. The van der Waals surface area contributed by atoms with Crippen molar-refractivity contribution in [1.29, 1.82) is 0 Å². The van der Waals surface area contributed by atoms with Crippen LogP contribution >= 0.6 is 11.3 Å². The molecule has 19 heavy (non-hydrogen) atoms. The number of carboxylic acid groups (broad SMARTS) is 1. The quantitative estimate of drug-likeness (QED) is 0.883. The van der Waals surface area contributed by atoms with Gasteiger partial charge in [-0.15, -0.1) is 11.3 Å². The maximum atomic E-state index is 13.2. The van der Waals surface area contributed by atoms with Crippen molar-refractivity contribution in [1.82, 2.24) is 4.98 Å². The molecular weight excluding hydrogens is 267 g/mol. The first-order valence-corrected chi connectivity index (χ1v) is 6.62. The van der Waals surface area contributed by atoms with Crippen LogP contribution in [0.4, 0.5) is 10.1 Å². The molecule has 0 amide bonds. The summed E-state index contributed by atoms with van der Waals surface area (Å²) < 4.78 is 13.2. The van der Waals surface area contributed by atoms with Crippen molar-refractivity contribution in [2.75, 3.05) is 5.32 Å². The van der Waals surface area contributed by atoms with Gasteiger partial charge in [0.15, 0.2) is 0 Å². The Labute approximate surface area is 113 Å². The number of carboxylic acids is 1. The summed E-state index contributed by atoms with van der Waals surface area (Å²) in [6.45, 7) is 2.58. The van der Waals surface area contributed by atoms with Gasteiger partial charge < -0.3 is 10.4 Å². The van der Waals surface area contributed by atoms with Crippen LogP contribution in [-0.2, 0) is 13.0 Å². The van der Waals surface area contributed by atoms with E-state index in [1.165, 1.54) is 12.1 Å². The lowest BCUT2D eigenvalue weighted by molar-refractivity contribution is 0.0692. The summed E-state index contributed by atoms with van der Waals surface area (Å²) in [7, 11) is 0. The second kappa shape index (κ2) is 5.79. The number of hydrogen-bond acceptors (Lipinski definition) is 4. The monoisotopic (exact) mass is 280 g/mol. The molecule has 0 unspecified atom stereocenters. The van der Waals surface area contributed by atoms with Crippen LogP contribution in [0.25, 0.3) is 0 Å². The van der Waals surface area contributed by atoms with E-state index in [2.05, 4.69) is 10.3 Å². The van der Waals surface area contributed by atoms with E-state index in [1.54, 1.807) is 17.5 Å². The molecule has 2 rings (SSSR count). The lowest BCUT2D eigenvalue weighted by Gasteiger charge is -2.06. The van der Waals surface area contributed by atoms with E-state index < -0.39 is 11.8 Å². The Hall–Kier alpha value is -1.95. The molecule has 6 heteroatoms. The number of anilines is 1. The predicted molar refractivity (Wildman–Crippen MR) is 72.2 cm³/mol. The predicted octanol–water partition coefficient (Wildman–Crippen LogP) is 3.15. The van der Waals surface area contributed by atoms with Crippen LogP contribution in [0.5, 0.6) is 0 Å². The number of halogens is 1. The molecule has 0 saturated heterocycles. The molecule has 0 fully saturated rings. The molecule has 1 aromatic carbocycles. The smallest absolute Gasteiger partial charge is 0.338 e. The van der Waals surface area contributed by atoms with Gasteiger partial charge in [-0.05, 0) is 24.6 Å². The zero-order valence-corrected chi connectivity index (χ0v) is 11.1. The highest BCUT2D eigenvalue weighted by atomic mass is 32.1. The van der Waals surface area contributed by atoms with Crippen LogP contribution < -0.4 is 5.32 Å². The SMILES string of the molecule is CCc1ncc(CNc2ccc(F)c(C(=O)O)c2)s1. The largest absolute Gasteiger partial charge is 0.478 e. The van der Waals surface area contributed by atoms with Crippen LogP contribution in [0.2, 0.25) is 0 Å². The van der Waals surface area contributed by atoms with Crippen molar-refractivity contribution in [2.45, 2.75) is 19.9 Å². The number of hydrogen-bond donors (Lipinski definition) is 2. The molecule has 1 heterocycles.